The molecule has 2 rings (SSSR count). The number of rotatable bonds is 3. The molecule has 18 heavy (non-hydrogen) atoms. The number of ether oxygens (including phenoxy) is 1. The molecule has 0 radical (unpaired) electrons. The third-order valence-electron chi connectivity index (χ3n) is 2.64. The Labute approximate surface area is 105 Å². The molecule has 0 aromatic heterocycles. The fourth-order valence-corrected chi connectivity index (χ4v) is 1.70. The summed E-state index contributed by atoms with van der Waals surface area (Å²) < 4.78 is 18.4. The van der Waals surface area contributed by atoms with Crippen LogP contribution in [-0.2, 0) is 0 Å². The molecular weight excluding hydrogens is 231 g/mol. The van der Waals surface area contributed by atoms with Crippen molar-refractivity contribution < 1.29 is 9.13 Å². The van der Waals surface area contributed by atoms with Crippen LogP contribution in [0.25, 0.3) is 0 Å². The molecule has 2 aromatic carbocycles. The average Bonchev–Trinajstić information content (AvgIpc) is 2.34. The van der Waals surface area contributed by atoms with E-state index in [1.165, 1.54) is 19.2 Å². The third kappa shape index (κ3) is 2.53. The van der Waals surface area contributed by atoms with Crippen molar-refractivity contribution in [3.8, 4) is 5.75 Å². The van der Waals surface area contributed by atoms with Crippen molar-refractivity contribution in [3.63, 3.8) is 0 Å². The number of nitrogens with one attached hydrogen (secondary N) is 1. The van der Waals surface area contributed by atoms with Gasteiger partial charge in [0.2, 0.25) is 0 Å². The molecule has 3 nitrogen and oxygen atoms in total. The number of methoxy groups -OCH3 is 1. The topological polar surface area (TPSA) is 47.3 Å². The Morgan fingerprint density at radius 2 is 1.89 bits per heavy atom. The molecule has 0 spiro atoms. The number of hydrogen-bond donors (Lipinski definition) is 2. The van der Waals surface area contributed by atoms with Gasteiger partial charge < -0.3 is 15.8 Å². The van der Waals surface area contributed by atoms with E-state index in [9.17, 15) is 4.39 Å². The van der Waals surface area contributed by atoms with Crippen LogP contribution in [0.1, 0.15) is 5.56 Å². The first-order valence-corrected chi connectivity index (χ1v) is 5.57. The summed E-state index contributed by atoms with van der Waals surface area (Å²) >= 11 is 0. The van der Waals surface area contributed by atoms with Crippen molar-refractivity contribution in [2.75, 3.05) is 18.2 Å². The second kappa shape index (κ2) is 4.96. The van der Waals surface area contributed by atoms with Gasteiger partial charge in [-0.3, -0.25) is 0 Å². The maximum absolute atomic E-state index is 13.2. The summed E-state index contributed by atoms with van der Waals surface area (Å²) in [7, 11) is 1.54. The minimum atomic E-state index is -0.329. The summed E-state index contributed by atoms with van der Waals surface area (Å²) in [5.41, 5.74) is 8.83. The van der Waals surface area contributed by atoms with Crippen molar-refractivity contribution in [1.29, 1.82) is 0 Å². The highest BCUT2D eigenvalue weighted by molar-refractivity contribution is 5.75. The SMILES string of the molecule is COc1ccc(F)cc1Nc1cc(C)ccc1N. The molecule has 0 amide bonds. The number of nitrogen functional groups attached to an aromatic ring is 1. The van der Waals surface area contributed by atoms with Gasteiger partial charge in [0.25, 0.3) is 0 Å². The molecule has 0 aliphatic heterocycles. The van der Waals surface area contributed by atoms with Crippen molar-refractivity contribution in [1.82, 2.24) is 0 Å². The van der Waals surface area contributed by atoms with Gasteiger partial charge in [0, 0.05) is 6.07 Å². The highest BCUT2D eigenvalue weighted by Crippen LogP contribution is 2.31. The second-order valence-electron chi connectivity index (χ2n) is 4.06. The smallest absolute Gasteiger partial charge is 0.142 e. The fraction of sp³-hybridized carbons (Fsp3) is 0.143. The van der Waals surface area contributed by atoms with Crippen LogP contribution in [0, 0.1) is 12.7 Å². The van der Waals surface area contributed by atoms with Crippen LogP contribution in [0.5, 0.6) is 5.75 Å². The molecule has 4 heteroatoms. The molecule has 0 bridgehead atoms. The Balaban J connectivity index is 2.38. The Kier molecular flexibility index (Phi) is 3.37. The summed E-state index contributed by atoms with van der Waals surface area (Å²) in [4.78, 5) is 0. The van der Waals surface area contributed by atoms with Crippen LogP contribution in [0.4, 0.5) is 21.5 Å². The number of hydrogen-bond acceptors (Lipinski definition) is 3. The summed E-state index contributed by atoms with van der Waals surface area (Å²) in [6.45, 7) is 1.97. The van der Waals surface area contributed by atoms with Crippen molar-refractivity contribution in [2.24, 2.45) is 0 Å². The van der Waals surface area contributed by atoms with Crippen LogP contribution in [0.15, 0.2) is 36.4 Å². The highest BCUT2D eigenvalue weighted by atomic mass is 19.1. The van der Waals surface area contributed by atoms with E-state index in [1.807, 2.05) is 25.1 Å². The largest absolute Gasteiger partial charge is 0.495 e. The lowest BCUT2D eigenvalue weighted by molar-refractivity contribution is 0.416. The zero-order chi connectivity index (χ0) is 13.1. The first-order valence-electron chi connectivity index (χ1n) is 5.57. The molecular formula is C14H15FN2O. The van der Waals surface area contributed by atoms with Gasteiger partial charge in [0.1, 0.15) is 11.6 Å². The first kappa shape index (κ1) is 12.2. The highest BCUT2D eigenvalue weighted by Gasteiger charge is 2.07. The predicted octanol–water partition coefficient (Wildman–Crippen LogP) is 3.47. The predicted molar refractivity (Wildman–Crippen MR) is 71.8 cm³/mol. The van der Waals surface area contributed by atoms with E-state index in [0.29, 0.717) is 17.1 Å². The van der Waals surface area contributed by atoms with Crippen molar-refractivity contribution in [2.45, 2.75) is 6.92 Å². The molecule has 0 saturated carbocycles. The van der Waals surface area contributed by atoms with E-state index in [0.717, 1.165) is 11.3 Å². The van der Waals surface area contributed by atoms with Gasteiger partial charge in [-0.25, -0.2) is 4.39 Å². The van der Waals surface area contributed by atoms with Crippen LogP contribution >= 0.6 is 0 Å². The van der Waals surface area contributed by atoms with Crippen LogP contribution in [0.2, 0.25) is 0 Å². The number of halogens is 1. The van der Waals surface area contributed by atoms with Gasteiger partial charge in [-0.2, -0.15) is 0 Å². The summed E-state index contributed by atoms with van der Waals surface area (Å²) in [6.07, 6.45) is 0. The lowest BCUT2D eigenvalue weighted by Gasteiger charge is -2.13. The molecule has 0 atom stereocenters. The number of anilines is 3. The maximum atomic E-state index is 13.2. The molecule has 3 N–H and O–H groups in total. The van der Waals surface area contributed by atoms with E-state index in [1.54, 1.807) is 6.07 Å². The summed E-state index contributed by atoms with van der Waals surface area (Å²) in [6, 6.07) is 9.93. The van der Waals surface area contributed by atoms with Gasteiger partial charge in [-0.1, -0.05) is 6.07 Å². The lowest BCUT2D eigenvalue weighted by atomic mass is 10.2. The molecule has 0 saturated heterocycles. The van der Waals surface area contributed by atoms with Crippen LogP contribution < -0.4 is 15.8 Å². The minimum Gasteiger partial charge on any atom is -0.495 e. The third-order valence-corrected chi connectivity index (χ3v) is 2.64. The van der Waals surface area contributed by atoms with Crippen LogP contribution in [-0.4, -0.2) is 7.11 Å². The first-order chi connectivity index (χ1) is 8.60. The molecule has 2 aromatic rings. The van der Waals surface area contributed by atoms with E-state index in [-0.39, 0.29) is 5.82 Å². The Hall–Kier alpha value is -2.23. The van der Waals surface area contributed by atoms with Crippen molar-refractivity contribution in [3.05, 3.63) is 47.8 Å². The van der Waals surface area contributed by atoms with E-state index < -0.39 is 0 Å². The Morgan fingerprint density at radius 1 is 1.11 bits per heavy atom. The lowest BCUT2D eigenvalue weighted by Crippen LogP contribution is -1.99. The Bertz CT molecular complexity index is 570. The average molecular weight is 246 g/mol. The molecule has 0 fully saturated rings. The minimum absolute atomic E-state index is 0.329. The molecule has 0 unspecified atom stereocenters. The van der Waals surface area contributed by atoms with Gasteiger partial charge in [-0.15, -0.1) is 0 Å². The molecule has 94 valence electrons. The molecule has 0 heterocycles. The van der Waals surface area contributed by atoms with E-state index >= 15 is 0 Å². The van der Waals surface area contributed by atoms with Gasteiger partial charge in [0.05, 0.1) is 24.2 Å². The number of benzene rings is 2. The number of nitrogens with two attached hydrogens (primary N) is 1. The normalized spacial score (nSPS) is 10.2. The summed E-state index contributed by atoms with van der Waals surface area (Å²) in [5.74, 6) is 0.238. The van der Waals surface area contributed by atoms with Crippen LogP contribution in [0.3, 0.4) is 0 Å². The standard InChI is InChI=1S/C14H15FN2O/c1-9-3-5-11(16)12(7-9)17-13-8-10(15)4-6-14(13)18-2/h3-8,17H,16H2,1-2H3. The van der Waals surface area contributed by atoms with Gasteiger partial charge in [-0.05, 0) is 36.8 Å². The van der Waals surface area contributed by atoms with Crippen molar-refractivity contribution >= 4 is 17.1 Å². The second-order valence-corrected chi connectivity index (χ2v) is 4.06. The Morgan fingerprint density at radius 3 is 2.61 bits per heavy atom. The fourth-order valence-electron chi connectivity index (χ4n) is 1.70. The summed E-state index contributed by atoms with van der Waals surface area (Å²) in [5, 5.41) is 3.08. The monoisotopic (exact) mass is 246 g/mol. The molecule has 0 aliphatic carbocycles. The number of aryl methyl sites for hydroxylation is 1. The van der Waals surface area contributed by atoms with Gasteiger partial charge in [0.15, 0.2) is 0 Å². The van der Waals surface area contributed by atoms with Gasteiger partial charge >= 0.3 is 0 Å². The van der Waals surface area contributed by atoms with E-state index in [2.05, 4.69) is 5.32 Å². The zero-order valence-corrected chi connectivity index (χ0v) is 10.3. The van der Waals surface area contributed by atoms with E-state index in [4.69, 9.17) is 10.5 Å². The molecule has 0 aliphatic rings. The quantitative estimate of drug-likeness (QED) is 0.815. The zero-order valence-electron chi connectivity index (χ0n) is 10.3. The maximum Gasteiger partial charge on any atom is 0.142 e.